The minimum atomic E-state index is -0.430. The lowest BCUT2D eigenvalue weighted by Crippen LogP contribution is -2.29. The molecule has 2 unspecified atom stereocenters. The monoisotopic (exact) mass is 177 g/mol. The Hall–Kier alpha value is -0.120. The molecule has 0 amide bonds. The van der Waals surface area contributed by atoms with Gasteiger partial charge >= 0.3 is 0 Å². The summed E-state index contributed by atoms with van der Waals surface area (Å²) >= 11 is 5.60. The average molecular weight is 178 g/mol. The van der Waals surface area contributed by atoms with Gasteiger partial charge in [-0.15, -0.1) is 11.6 Å². The van der Waals surface area contributed by atoms with Gasteiger partial charge in [-0.1, -0.05) is 0 Å². The number of alkyl halides is 1. The van der Waals surface area contributed by atoms with Gasteiger partial charge in [0.15, 0.2) is 0 Å². The van der Waals surface area contributed by atoms with Crippen molar-refractivity contribution in [1.82, 2.24) is 4.90 Å². The third kappa shape index (κ3) is 2.77. The maximum absolute atomic E-state index is 10.2. The maximum atomic E-state index is 10.2. The second kappa shape index (κ2) is 4.04. The van der Waals surface area contributed by atoms with E-state index in [1.807, 2.05) is 4.90 Å². The van der Waals surface area contributed by atoms with E-state index in [2.05, 4.69) is 0 Å². The van der Waals surface area contributed by atoms with E-state index in [1.54, 1.807) is 0 Å². The van der Waals surface area contributed by atoms with E-state index in [0.717, 1.165) is 19.3 Å². The van der Waals surface area contributed by atoms with E-state index in [-0.39, 0.29) is 6.10 Å². The van der Waals surface area contributed by atoms with Crippen LogP contribution in [0, 0.1) is 0 Å². The SMILES string of the molecule is O=CC(Cl)CN1CCC(O)C1. The summed E-state index contributed by atoms with van der Waals surface area (Å²) in [5, 5.41) is 8.68. The molecule has 1 aliphatic rings. The van der Waals surface area contributed by atoms with Gasteiger partial charge < -0.3 is 9.90 Å². The van der Waals surface area contributed by atoms with Crippen molar-refractivity contribution in [3.8, 4) is 0 Å². The number of rotatable bonds is 3. The molecule has 3 nitrogen and oxygen atoms in total. The summed E-state index contributed by atoms with van der Waals surface area (Å²) in [4.78, 5) is 12.1. The van der Waals surface area contributed by atoms with Crippen LogP contribution in [0.5, 0.6) is 0 Å². The molecule has 1 N–H and O–H groups in total. The molecular formula is C7H12ClNO2. The molecule has 11 heavy (non-hydrogen) atoms. The van der Waals surface area contributed by atoms with Crippen molar-refractivity contribution >= 4 is 17.9 Å². The second-order valence-corrected chi connectivity index (χ2v) is 3.41. The lowest BCUT2D eigenvalue weighted by molar-refractivity contribution is -0.107. The number of β-amino-alcohol motifs (C(OH)–C–C–N with tert-alkyl or cyclic N) is 1. The first kappa shape index (κ1) is 8.97. The van der Waals surface area contributed by atoms with E-state index in [0.29, 0.717) is 13.1 Å². The van der Waals surface area contributed by atoms with Gasteiger partial charge in [-0.25, -0.2) is 0 Å². The number of aliphatic hydroxyl groups is 1. The Morgan fingerprint density at radius 1 is 1.82 bits per heavy atom. The van der Waals surface area contributed by atoms with E-state index >= 15 is 0 Å². The molecule has 1 heterocycles. The van der Waals surface area contributed by atoms with Crippen LogP contribution in [0.15, 0.2) is 0 Å². The molecule has 1 saturated heterocycles. The molecule has 1 aliphatic heterocycles. The van der Waals surface area contributed by atoms with Crippen molar-refractivity contribution in [3.05, 3.63) is 0 Å². The Labute approximate surface area is 70.9 Å². The summed E-state index contributed by atoms with van der Waals surface area (Å²) in [7, 11) is 0. The zero-order valence-electron chi connectivity index (χ0n) is 6.24. The molecule has 4 heteroatoms. The number of likely N-dealkylation sites (tertiary alicyclic amines) is 1. The molecule has 0 aromatic rings. The van der Waals surface area contributed by atoms with Crippen LogP contribution in [0.3, 0.4) is 0 Å². The minimum absolute atomic E-state index is 0.231. The molecule has 0 aliphatic carbocycles. The summed E-state index contributed by atoms with van der Waals surface area (Å²) in [5.41, 5.74) is 0. The smallest absolute Gasteiger partial charge is 0.139 e. The van der Waals surface area contributed by atoms with Gasteiger partial charge in [-0.2, -0.15) is 0 Å². The number of nitrogens with zero attached hydrogens (tertiary/aromatic N) is 1. The molecule has 0 radical (unpaired) electrons. The van der Waals surface area contributed by atoms with Gasteiger partial charge in [0.2, 0.25) is 0 Å². The highest BCUT2D eigenvalue weighted by Crippen LogP contribution is 2.09. The predicted octanol–water partition coefficient (Wildman–Crippen LogP) is -0.141. The fourth-order valence-electron chi connectivity index (χ4n) is 1.27. The first-order valence-electron chi connectivity index (χ1n) is 3.72. The molecule has 0 bridgehead atoms. The largest absolute Gasteiger partial charge is 0.392 e. The van der Waals surface area contributed by atoms with Gasteiger partial charge in [0.05, 0.1) is 6.10 Å². The summed E-state index contributed by atoms with van der Waals surface area (Å²) in [6.45, 7) is 2.05. The Morgan fingerprint density at radius 2 is 2.55 bits per heavy atom. The van der Waals surface area contributed by atoms with Crippen LogP contribution >= 0.6 is 11.6 Å². The van der Waals surface area contributed by atoms with Crippen LogP contribution < -0.4 is 0 Å². The number of halogens is 1. The van der Waals surface area contributed by atoms with Crippen LogP contribution in [-0.4, -0.2) is 47.4 Å². The van der Waals surface area contributed by atoms with Crippen molar-refractivity contribution < 1.29 is 9.90 Å². The van der Waals surface area contributed by atoms with Crippen LogP contribution in [0.1, 0.15) is 6.42 Å². The number of aliphatic hydroxyl groups excluding tert-OH is 1. The Kier molecular flexibility index (Phi) is 3.30. The third-order valence-corrected chi connectivity index (χ3v) is 2.07. The highest BCUT2D eigenvalue weighted by molar-refractivity contribution is 6.27. The Balaban J connectivity index is 2.22. The Bertz CT molecular complexity index is 142. The summed E-state index contributed by atoms with van der Waals surface area (Å²) in [6.07, 6.45) is 1.29. The maximum Gasteiger partial charge on any atom is 0.139 e. The van der Waals surface area contributed by atoms with Crippen LogP contribution in [-0.2, 0) is 4.79 Å². The number of hydrogen-bond donors (Lipinski definition) is 1. The zero-order valence-corrected chi connectivity index (χ0v) is 7.00. The van der Waals surface area contributed by atoms with E-state index in [9.17, 15) is 4.79 Å². The van der Waals surface area contributed by atoms with Crippen LogP contribution in [0.25, 0.3) is 0 Å². The van der Waals surface area contributed by atoms with Gasteiger partial charge in [0.1, 0.15) is 11.7 Å². The number of carbonyl (C=O) groups excluding carboxylic acids is 1. The first-order chi connectivity index (χ1) is 5.22. The molecule has 1 rings (SSSR count). The predicted molar refractivity (Wildman–Crippen MR) is 42.8 cm³/mol. The highest BCUT2D eigenvalue weighted by Gasteiger charge is 2.21. The van der Waals surface area contributed by atoms with Crippen LogP contribution in [0.4, 0.5) is 0 Å². The summed E-state index contributed by atoms with van der Waals surface area (Å²) in [6, 6.07) is 0. The molecule has 64 valence electrons. The standard InChI is InChI=1S/C7H12ClNO2/c8-6(5-10)3-9-2-1-7(11)4-9/h5-7,11H,1-4H2. The Morgan fingerprint density at radius 3 is 3.00 bits per heavy atom. The van der Waals surface area contributed by atoms with Gasteiger partial charge in [0.25, 0.3) is 0 Å². The number of aldehydes is 1. The van der Waals surface area contributed by atoms with Gasteiger partial charge in [-0.05, 0) is 6.42 Å². The number of hydrogen-bond acceptors (Lipinski definition) is 3. The fraction of sp³-hybridized carbons (Fsp3) is 0.857. The fourth-order valence-corrected chi connectivity index (χ4v) is 1.46. The lowest BCUT2D eigenvalue weighted by atomic mass is 10.3. The van der Waals surface area contributed by atoms with Crippen molar-refractivity contribution in [3.63, 3.8) is 0 Å². The van der Waals surface area contributed by atoms with E-state index in [4.69, 9.17) is 16.7 Å². The van der Waals surface area contributed by atoms with Crippen molar-refractivity contribution in [2.75, 3.05) is 19.6 Å². The molecule has 2 atom stereocenters. The molecule has 0 aromatic carbocycles. The first-order valence-corrected chi connectivity index (χ1v) is 4.16. The average Bonchev–Trinajstić information content (AvgIpc) is 2.35. The van der Waals surface area contributed by atoms with Crippen LogP contribution in [0.2, 0.25) is 0 Å². The topological polar surface area (TPSA) is 40.5 Å². The van der Waals surface area contributed by atoms with Crippen molar-refractivity contribution in [1.29, 1.82) is 0 Å². The minimum Gasteiger partial charge on any atom is -0.392 e. The zero-order chi connectivity index (χ0) is 8.27. The van der Waals surface area contributed by atoms with Crippen molar-refractivity contribution in [2.24, 2.45) is 0 Å². The van der Waals surface area contributed by atoms with E-state index < -0.39 is 5.38 Å². The third-order valence-electron chi connectivity index (χ3n) is 1.83. The number of carbonyl (C=O) groups is 1. The van der Waals surface area contributed by atoms with Gasteiger partial charge in [0, 0.05) is 19.6 Å². The van der Waals surface area contributed by atoms with Gasteiger partial charge in [-0.3, -0.25) is 4.90 Å². The molecule has 0 saturated carbocycles. The normalized spacial score (nSPS) is 28.7. The summed E-state index contributed by atoms with van der Waals surface area (Å²) < 4.78 is 0. The second-order valence-electron chi connectivity index (χ2n) is 2.85. The van der Waals surface area contributed by atoms with E-state index in [1.165, 1.54) is 0 Å². The van der Waals surface area contributed by atoms with Crippen molar-refractivity contribution in [2.45, 2.75) is 17.9 Å². The molecule has 0 aromatic heterocycles. The summed E-state index contributed by atoms with van der Waals surface area (Å²) in [5.74, 6) is 0. The highest BCUT2D eigenvalue weighted by atomic mass is 35.5. The lowest BCUT2D eigenvalue weighted by Gasteiger charge is -2.14. The quantitative estimate of drug-likeness (QED) is 0.482. The molecule has 0 spiro atoms. The molecule has 1 fully saturated rings. The molecular weight excluding hydrogens is 166 g/mol.